The quantitative estimate of drug-likeness (QED) is 0.218. The summed E-state index contributed by atoms with van der Waals surface area (Å²) in [4.78, 5) is 17.5. The topological polar surface area (TPSA) is 64.6 Å². The molecule has 0 spiro atoms. The maximum absolute atomic E-state index is 12.5. The summed E-state index contributed by atoms with van der Waals surface area (Å²) in [6.45, 7) is 9.61. The number of nitrogens with zero attached hydrogens (tertiary/aromatic N) is 3. The Kier molecular flexibility index (Phi) is 9.98. The zero-order chi connectivity index (χ0) is 29.6. The van der Waals surface area contributed by atoms with Gasteiger partial charge in [-0.3, -0.25) is 14.6 Å². The number of amides is 1. The average Bonchev–Trinajstić information content (AvgIpc) is 3.40. The van der Waals surface area contributed by atoms with Gasteiger partial charge in [-0.05, 0) is 41.8 Å². The Morgan fingerprint density at radius 2 is 1.63 bits per heavy atom. The Morgan fingerprint density at radius 1 is 0.884 bits per heavy atom. The van der Waals surface area contributed by atoms with Gasteiger partial charge in [-0.1, -0.05) is 65.7 Å². The molecule has 226 valence electrons. The number of fused-ring (bicyclic) bond motifs is 1. The first kappa shape index (κ1) is 30.1. The number of aromatic nitrogens is 1. The Bertz CT molecular complexity index is 1510. The molecule has 2 fully saturated rings. The van der Waals surface area contributed by atoms with Crippen LogP contribution in [0.25, 0.3) is 22.0 Å². The van der Waals surface area contributed by atoms with Gasteiger partial charge in [0.2, 0.25) is 5.91 Å². The fourth-order valence-electron chi connectivity index (χ4n) is 6.17. The zero-order valence-corrected chi connectivity index (χ0v) is 26.0. The molecule has 9 heteroatoms. The molecule has 3 heterocycles. The molecule has 4 aromatic rings. The smallest absolute Gasteiger partial charge is 0.238 e. The molecule has 0 aliphatic carbocycles. The Morgan fingerprint density at radius 3 is 2.35 bits per heavy atom. The van der Waals surface area contributed by atoms with Crippen LogP contribution >= 0.6 is 23.2 Å². The SMILES string of the molecule is O=C(NCCCn1cc(-c2ccccc2)c2cc(CN3CCN(Cc4c(Cl)cccc4Cl)CC3)ccc21)C1CNCCN1. The second-order valence-electron chi connectivity index (χ2n) is 11.6. The van der Waals surface area contributed by atoms with Crippen molar-refractivity contribution >= 4 is 40.0 Å². The number of carbonyl (C=O) groups excluding carboxylic acids is 1. The summed E-state index contributed by atoms with van der Waals surface area (Å²) >= 11 is 12.8. The molecular weight excluding hydrogens is 579 g/mol. The van der Waals surface area contributed by atoms with Crippen molar-refractivity contribution in [1.82, 2.24) is 30.3 Å². The highest BCUT2D eigenvalue weighted by Crippen LogP contribution is 2.32. The van der Waals surface area contributed by atoms with Crippen molar-refractivity contribution in [1.29, 1.82) is 0 Å². The van der Waals surface area contributed by atoms with E-state index in [0.29, 0.717) is 13.1 Å². The van der Waals surface area contributed by atoms with Crippen LogP contribution in [0.1, 0.15) is 17.5 Å². The number of piperazine rings is 2. The van der Waals surface area contributed by atoms with Crippen molar-refractivity contribution in [2.24, 2.45) is 0 Å². The minimum Gasteiger partial charge on any atom is -0.355 e. The molecule has 7 nitrogen and oxygen atoms in total. The summed E-state index contributed by atoms with van der Waals surface area (Å²) < 4.78 is 2.34. The summed E-state index contributed by atoms with van der Waals surface area (Å²) in [6, 6.07) is 23.1. The number of nitrogens with one attached hydrogen (secondary N) is 3. The van der Waals surface area contributed by atoms with Crippen LogP contribution in [0.15, 0.2) is 72.9 Å². The van der Waals surface area contributed by atoms with E-state index in [-0.39, 0.29) is 11.9 Å². The van der Waals surface area contributed by atoms with Gasteiger partial charge >= 0.3 is 0 Å². The Balaban J connectivity index is 1.10. The van der Waals surface area contributed by atoms with Crippen molar-refractivity contribution in [2.75, 3.05) is 52.4 Å². The van der Waals surface area contributed by atoms with Crippen LogP contribution in [0.3, 0.4) is 0 Å². The first-order valence-electron chi connectivity index (χ1n) is 15.3. The molecule has 43 heavy (non-hydrogen) atoms. The number of aryl methyl sites for hydroxylation is 1. The highest BCUT2D eigenvalue weighted by atomic mass is 35.5. The van der Waals surface area contributed by atoms with E-state index in [4.69, 9.17) is 23.2 Å². The minimum absolute atomic E-state index is 0.0766. The maximum atomic E-state index is 12.5. The standard InChI is InChI=1S/C34H40Cl2N6O/c35-30-8-4-9-31(36)29(30)23-41-18-16-40(17-19-41)22-25-10-11-33-27(20-25)28(26-6-2-1-3-7-26)24-42(33)15-5-12-39-34(43)32-21-37-13-14-38-32/h1-4,6-11,20,24,32,37-38H,5,12-19,21-23H2,(H,39,43). The molecule has 1 unspecified atom stereocenters. The van der Waals surface area contributed by atoms with Gasteiger partial charge in [-0.15, -0.1) is 0 Å². The number of rotatable bonds is 10. The van der Waals surface area contributed by atoms with Crippen molar-refractivity contribution in [3.05, 3.63) is 94.1 Å². The molecule has 2 aliphatic rings. The van der Waals surface area contributed by atoms with Gasteiger partial charge < -0.3 is 20.5 Å². The van der Waals surface area contributed by atoms with Crippen LogP contribution in [0.5, 0.6) is 0 Å². The number of benzene rings is 3. The largest absolute Gasteiger partial charge is 0.355 e. The van der Waals surface area contributed by atoms with Crippen LogP contribution in [0, 0.1) is 0 Å². The van der Waals surface area contributed by atoms with Crippen LogP contribution in [-0.2, 0) is 24.4 Å². The molecular formula is C34H40Cl2N6O. The van der Waals surface area contributed by atoms with E-state index in [2.05, 4.69) is 85.0 Å². The molecule has 0 radical (unpaired) electrons. The average molecular weight is 620 g/mol. The van der Waals surface area contributed by atoms with Crippen molar-refractivity contribution in [2.45, 2.75) is 32.1 Å². The Labute approximate surface area is 264 Å². The maximum Gasteiger partial charge on any atom is 0.238 e. The summed E-state index contributed by atoms with van der Waals surface area (Å²) in [5.74, 6) is 0.0766. The van der Waals surface area contributed by atoms with Crippen molar-refractivity contribution < 1.29 is 4.79 Å². The summed E-state index contributed by atoms with van der Waals surface area (Å²) in [6.07, 6.45) is 3.15. The lowest BCUT2D eigenvalue weighted by molar-refractivity contribution is -0.123. The third kappa shape index (κ3) is 7.43. The van der Waals surface area contributed by atoms with E-state index >= 15 is 0 Å². The minimum atomic E-state index is -0.145. The van der Waals surface area contributed by atoms with Gasteiger partial charge in [0.05, 0.1) is 6.04 Å². The summed E-state index contributed by atoms with van der Waals surface area (Å²) in [7, 11) is 0. The molecule has 3 N–H and O–H groups in total. The summed E-state index contributed by atoms with van der Waals surface area (Å²) in [5.41, 5.74) is 6.04. The van der Waals surface area contributed by atoms with Gasteiger partial charge in [0.25, 0.3) is 0 Å². The third-order valence-electron chi connectivity index (χ3n) is 8.58. The lowest BCUT2D eigenvalue weighted by atomic mass is 10.0. The predicted molar refractivity (Wildman–Crippen MR) is 177 cm³/mol. The van der Waals surface area contributed by atoms with Gasteiger partial charge in [0.15, 0.2) is 0 Å². The fraction of sp³-hybridized carbons (Fsp3) is 0.382. The van der Waals surface area contributed by atoms with Crippen LogP contribution in [0.2, 0.25) is 10.0 Å². The molecule has 0 bridgehead atoms. The first-order valence-corrected chi connectivity index (χ1v) is 16.1. The normalized spacial score (nSPS) is 18.2. The Hall–Kier alpha value is -2.91. The van der Waals surface area contributed by atoms with Gasteiger partial charge in [0.1, 0.15) is 0 Å². The zero-order valence-electron chi connectivity index (χ0n) is 24.5. The molecule has 2 saturated heterocycles. The lowest BCUT2D eigenvalue weighted by Crippen LogP contribution is -2.55. The third-order valence-corrected chi connectivity index (χ3v) is 9.29. The number of carbonyl (C=O) groups is 1. The highest BCUT2D eigenvalue weighted by Gasteiger charge is 2.21. The van der Waals surface area contributed by atoms with Crippen LogP contribution < -0.4 is 16.0 Å². The molecule has 3 aromatic carbocycles. The molecule has 1 amide bonds. The van der Waals surface area contributed by atoms with E-state index in [1.165, 1.54) is 27.6 Å². The second kappa shape index (κ2) is 14.2. The summed E-state index contributed by atoms with van der Waals surface area (Å²) in [5, 5.41) is 12.4. The van der Waals surface area contributed by atoms with Crippen LogP contribution in [-0.4, -0.2) is 78.7 Å². The fourth-order valence-corrected chi connectivity index (χ4v) is 6.69. The van der Waals surface area contributed by atoms with E-state index in [0.717, 1.165) is 80.9 Å². The lowest BCUT2D eigenvalue weighted by Gasteiger charge is -2.35. The molecule has 1 aromatic heterocycles. The van der Waals surface area contributed by atoms with E-state index in [1.54, 1.807) is 0 Å². The number of hydrogen-bond donors (Lipinski definition) is 3. The van der Waals surface area contributed by atoms with E-state index < -0.39 is 0 Å². The van der Waals surface area contributed by atoms with Crippen molar-refractivity contribution in [3.63, 3.8) is 0 Å². The van der Waals surface area contributed by atoms with Gasteiger partial charge in [-0.25, -0.2) is 0 Å². The second-order valence-corrected chi connectivity index (χ2v) is 12.4. The van der Waals surface area contributed by atoms with Gasteiger partial charge in [-0.2, -0.15) is 0 Å². The molecule has 6 rings (SSSR count). The van der Waals surface area contributed by atoms with Crippen molar-refractivity contribution in [3.8, 4) is 11.1 Å². The molecule has 1 atom stereocenters. The molecule has 0 saturated carbocycles. The highest BCUT2D eigenvalue weighted by molar-refractivity contribution is 6.35. The molecule has 2 aliphatic heterocycles. The van der Waals surface area contributed by atoms with E-state index in [9.17, 15) is 4.79 Å². The van der Waals surface area contributed by atoms with Crippen LogP contribution in [0.4, 0.5) is 0 Å². The first-order chi connectivity index (χ1) is 21.0. The van der Waals surface area contributed by atoms with Gasteiger partial charge in [0, 0.05) is 110 Å². The monoisotopic (exact) mass is 618 g/mol. The predicted octanol–water partition coefficient (Wildman–Crippen LogP) is 5.00. The van der Waals surface area contributed by atoms with E-state index in [1.807, 2.05) is 18.2 Å². The number of hydrogen-bond acceptors (Lipinski definition) is 5. The number of halogens is 2.